The van der Waals surface area contributed by atoms with Gasteiger partial charge in [-0.05, 0) is 56.4 Å². The van der Waals surface area contributed by atoms with Crippen LogP contribution in [-0.2, 0) is 28.4 Å². The summed E-state index contributed by atoms with van der Waals surface area (Å²) in [5.41, 5.74) is 0.777. The fraction of sp³-hybridized carbons (Fsp3) is 0.435. The Morgan fingerprint density at radius 1 is 1.13 bits per heavy atom. The number of benzene rings is 2. The van der Waals surface area contributed by atoms with Crippen molar-refractivity contribution in [1.29, 1.82) is 0 Å². The maximum Gasteiger partial charge on any atom is 0.418 e. The lowest BCUT2D eigenvalue weighted by molar-refractivity contribution is -0.137. The molecule has 0 radical (unpaired) electrons. The molecule has 1 N–H and O–H groups in total. The highest BCUT2D eigenvalue weighted by molar-refractivity contribution is 7.84. The predicted octanol–water partition coefficient (Wildman–Crippen LogP) is 5.15. The largest absolute Gasteiger partial charge is 0.418 e. The Hall–Kier alpha value is -2.19. The number of nitrogens with zero attached hydrogens (tertiary/aromatic N) is 1. The molecule has 1 aliphatic heterocycles. The molecule has 0 aliphatic carbocycles. The smallest absolute Gasteiger partial charge is 0.312 e. The lowest BCUT2D eigenvalue weighted by Crippen LogP contribution is -2.43. The van der Waals surface area contributed by atoms with Gasteiger partial charge in [-0.25, -0.2) is 8.93 Å². The quantitative estimate of drug-likeness (QED) is 0.698. The molecule has 0 fully saturated rings. The molecule has 2 aromatic carbocycles. The van der Waals surface area contributed by atoms with Crippen molar-refractivity contribution in [2.75, 3.05) is 11.4 Å². The Balaban J connectivity index is 2.15. The van der Waals surface area contributed by atoms with Gasteiger partial charge in [0.15, 0.2) is 0 Å². The van der Waals surface area contributed by atoms with Crippen LogP contribution in [0.1, 0.15) is 62.4 Å². The van der Waals surface area contributed by atoms with Crippen molar-refractivity contribution in [3.63, 3.8) is 0 Å². The fourth-order valence-electron chi connectivity index (χ4n) is 3.70. The highest BCUT2D eigenvalue weighted by Gasteiger charge is 2.41. The summed E-state index contributed by atoms with van der Waals surface area (Å²) < 4.78 is 57.4. The van der Waals surface area contributed by atoms with E-state index < -0.39 is 39.4 Å². The van der Waals surface area contributed by atoms with Gasteiger partial charge >= 0.3 is 6.18 Å². The van der Waals surface area contributed by atoms with Crippen LogP contribution < -0.4 is 9.62 Å². The minimum Gasteiger partial charge on any atom is -0.312 e. The molecular weight excluding hydrogens is 425 g/mol. The number of hydrogen-bond acceptors (Lipinski definition) is 2. The highest BCUT2D eigenvalue weighted by atomic mass is 32.2. The Kier molecular flexibility index (Phi) is 6.62. The van der Waals surface area contributed by atoms with Crippen molar-refractivity contribution in [2.24, 2.45) is 0 Å². The summed E-state index contributed by atoms with van der Waals surface area (Å²) in [6.07, 6.45) is -3.93. The molecule has 31 heavy (non-hydrogen) atoms. The normalized spacial score (nSPS) is 17.9. The summed E-state index contributed by atoms with van der Waals surface area (Å²) in [4.78, 5) is 13.4. The monoisotopic (exact) mass is 452 g/mol. The molecule has 2 aromatic rings. The maximum atomic E-state index is 14.1. The molecule has 0 bridgehead atoms. The van der Waals surface area contributed by atoms with E-state index in [1.54, 1.807) is 26.8 Å². The van der Waals surface area contributed by atoms with Crippen molar-refractivity contribution in [3.8, 4) is 0 Å². The van der Waals surface area contributed by atoms with E-state index in [-0.39, 0.29) is 12.2 Å². The standard InChI is InChI=1S/C23H27F3N2O2S/c1-15(29)28-11-10-20(27-31(30)22(2,3)4)18-13-17(12-16-8-6-5-7-9-16)14-19(21(18)28)23(24,25)26/h5-9,13-14,20,27H,10-12H2,1-4H3/t20-,31?/m1/s1. The van der Waals surface area contributed by atoms with Gasteiger partial charge in [0.2, 0.25) is 5.91 Å². The topological polar surface area (TPSA) is 49.4 Å². The number of fused-ring (bicyclic) bond motifs is 1. The summed E-state index contributed by atoms with van der Waals surface area (Å²) in [5.74, 6) is -0.446. The van der Waals surface area contributed by atoms with Crippen LogP contribution in [0.15, 0.2) is 42.5 Å². The first kappa shape index (κ1) is 23.5. The minimum atomic E-state index is -4.63. The predicted molar refractivity (Wildman–Crippen MR) is 117 cm³/mol. The third-order valence-corrected chi connectivity index (χ3v) is 6.84. The molecule has 1 amide bonds. The summed E-state index contributed by atoms with van der Waals surface area (Å²) in [7, 11) is -1.47. The number of alkyl halides is 3. The molecule has 1 unspecified atom stereocenters. The molecule has 8 heteroatoms. The van der Waals surface area contributed by atoms with Crippen molar-refractivity contribution in [3.05, 3.63) is 64.7 Å². The first-order valence-corrected chi connectivity index (χ1v) is 11.3. The zero-order chi connectivity index (χ0) is 23.0. The van der Waals surface area contributed by atoms with Crippen LogP contribution in [0.5, 0.6) is 0 Å². The molecule has 1 aliphatic rings. The van der Waals surface area contributed by atoms with E-state index in [1.807, 2.05) is 30.3 Å². The van der Waals surface area contributed by atoms with Gasteiger partial charge in [0, 0.05) is 19.5 Å². The van der Waals surface area contributed by atoms with Crippen molar-refractivity contribution in [2.45, 2.75) is 57.5 Å². The SMILES string of the molecule is CC(=O)N1CC[C@@H](NS(=O)C(C)(C)C)c2cc(Cc3ccccc3)cc(C(F)(F)F)c21. The molecule has 0 saturated heterocycles. The number of amides is 1. The van der Waals surface area contributed by atoms with E-state index in [1.165, 1.54) is 11.8 Å². The van der Waals surface area contributed by atoms with Gasteiger partial charge in [0.1, 0.15) is 0 Å². The molecule has 0 aromatic heterocycles. The summed E-state index contributed by atoms with van der Waals surface area (Å²) >= 11 is 0. The van der Waals surface area contributed by atoms with Gasteiger partial charge in [0.05, 0.1) is 27.0 Å². The summed E-state index contributed by atoms with van der Waals surface area (Å²) in [5, 5.41) is 0. The van der Waals surface area contributed by atoms with Gasteiger partial charge in [-0.1, -0.05) is 36.4 Å². The van der Waals surface area contributed by atoms with E-state index >= 15 is 0 Å². The van der Waals surface area contributed by atoms with Crippen LogP contribution in [-0.4, -0.2) is 21.4 Å². The van der Waals surface area contributed by atoms with Crippen LogP contribution in [0.25, 0.3) is 0 Å². The Morgan fingerprint density at radius 2 is 1.77 bits per heavy atom. The first-order valence-electron chi connectivity index (χ1n) is 10.1. The van der Waals surface area contributed by atoms with E-state index in [2.05, 4.69) is 4.72 Å². The lowest BCUT2D eigenvalue weighted by Gasteiger charge is -2.37. The number of halogens is 3. The fourth-order valence-corrected chi connectivity index (χ4v) is 4.56. The highest BCUT2D eigenvalue weighted by Crippen LogP contribution is 2.45. The van der Waals surface area contributed by atoms with Gasteiger partial charge in [-0.15, -0.1) is 0 Å². The minimum absolute atomic E-state index is 0.127. The second kappa shape index (κ2) is 8.74. The number of carbonyl (C=O) groups excluding carboxylic acids is 1. The number of rotatable bonds is 4. The molecule has 0 saturated carbocycles. The van der Waals surface area contributed by atoms with Crippen LogP contribution in [0, 0.1) is 0 Å². The van der Waals surface area contributed by atoms with Crippen LogP contribution in [0.4, 0.5) is 18.9 Å². The van der Waals surface area contributed by atoms with Crippen molar-refractivity contribution in [1.82, 2.24) is 4.72 Å². The second-order valence-corrected chi connectivity index (χ2v) is 10.8. The number of carbonyl (C=O) groups is 1. The molecule has 4 nitrogen and oxygen atoms in total. The average Bonchev–Trinajstić information content (AvgIpc) is 2.66. The third-order valence-electron chi connectivity index (χ3n) is 5.23. The van der Waals surface area contributed by atoms with Gasteiger partial charge in [0.25, 0.3) is 0 Å². The van der Waals surface area contributed by atoms with E-state index in [4.69, 9.17) is 0 Å². The first-order chi connectivity index (χ1) is 14.4. The average molecular weight is 453 g/mol. The molecule has 0 spiro atoms. The lowest BCUT2D eigenvalue weighted by atomic mass is 9.89. The van der Waals surface area contributed by atoms with Crippen LogP contribution in [0.2, 0.25) is 0 Å². The van der Waals surface area contributed by atoms with E-state index in [0.29, 0.717) is 24.0 Å². The van der Waals surface area contributed by atoms with Gasteiger partial charge in [-0.2, -0.15) is 13.2 Å². The molecule has 168 valence electrons. The van der Waals surface area contributed by atoms with Crippen molar-refractivity contribution < 1.29 is 22.2 Å². The molecule has 2 atom stereocenters. The number of nitrogens with one attached hydrogen (secondary N) is 1. The third kappa shape index (κ3) is 5.36. The summed E-state index contributed by atoms with van der Waals surface area (Å²) in [6, 6.07) is 11.5. The Bertz CT molecular complexity index is 985. The molecule has 1 heterocycles. The maximum absolute atomic E-state index is 14.1. The zero-order valence-electron chi connectivity index (χ0n) is 18.0. The molecule has 3 rings (SSSR count). The van der Waals surface area contributed by atoms with Gasteiger partial charge < -0.3 is 4.90 Å². The van der Waals surface area contributed by atoms with E-state index in [9.17, 15) is 22.2 Å². The molecular formula is C23H27F3N2O2S. The van der Waals surface area contributed by atoms with Crippen LogP contribution >= 0.6 is 0 Å². The Morgan fingerprint density at radius 3 is 2.32 bits per heavy atom. The van der Waals surface area contributed by atoms with Crippen LogP contribution in [0.3, 0.4) is 0 Å². The number of hydrogen-bond donors (Lipinski definition) is 1. The van der Waals surface area contributed by atoms with Crippen molar-refractivity contribution >= 4 is 22.6 Å². The summed E-state index contributed by atoms with van der Waals surface area (Å²) in [6.45, 7) is 6.80. The second-order valence-electron chi connectivity index (χ2n) is 8.75. The van der Waals surface area contributed by atoms with E-state index in [0.717, 1.165) is 11.6 Å². The zero-order valence-corrected chi connectivity index (χ0v) is 18.9. The van der Waals surface area contributed by atoms with Gasteiger partial charge in [-0.3, -0.25) is 4.79 Å². The Labute approximate surface area is 183 Å². The number of anilines is 1.